The third-order valence-electron chi connectivity index (χ3n) is 2.40. The van der Waals surface area contributed by atoms with Crippen molar-refractivity contribution in [1.82, 2.24) is 0 Å². The normalized spacial score (nSPS) is 23.4. The highest BCUT2D eigenvalue weighted by Gasteiger charge is 2.38. The number of ether oxygens (including phenoxy) is 2. The Morgan fingerprint density at radius 3 is 2.43 bits per heavy atom. The van der Waals surface area contributed by atoms with E-state index in [1.807, 2.05) is 27.7 Å². The molecule has 0 N–H and O–H groups in total. The average Bonchev–Trinajstić information content (AvgIpc) is 1.96. The maximum Gasteiger partial charge on any atom is 0.348 e. The van der Waals surface area contributed by atoms with Crippen LogP contribution in [0.4, 0.5) is 0 Å². The number of hydrogen-bond donors (Lipinski definition) is 0. The van der Waals surface area contributed by atoms with Gasteiger partial charge in [-0.05, 0) is 12.3 Å². The highest BCUT2D eigenvalue weighted by atomic mass is 16.6. The van der Waals surface area contributed by atoms with Crippen LogP contribution in [-0.4, -0.2) is 24.1 Å². The summed E-state index contributed by atoms with van der Waals surface area (Å²) in [5.41, 5.74) is -0.0938. The van der Waals surface area contributed by atoms with E-state index in [0.29, 0.717) is 0 Å². The van der Waals surface area contributed by atoms with Crippen molar-refractivity contribution in [2.24, 2.45) is 5.41 Å². The highest BCUT2D eigenvalue weighted by molar-refractivity contribution is 5.89. The van der Waals surface area contributed by atoms with Gasteiger partial charge in [-0.2, -0.15) is 0 Å². The van der Waals surface area contributed by atoms with Gasteiger partial charge in [0, 0.05) is 0 Å². The van der Waals surface area contributed by atoms with Crippen molar-refractivity contribution in [2.45, 2.75) is 46.3 Å². The molecule has 0 amide bonds. The van der Waals surface area contributed by atoms with Crippen molar-refractivity contribution in [2.75, 3.05) is 0 Å². The molecule has 0 radical (unpaired) electrons. The summed E-state index contributed by atoms with van der Waals surface area (Å²) in [7, 11) is 0. The fourth-order valence-corrected chi connectivity index (χ4v) is 0.859. The van der Waals surface area contributed by atoms with Crippen LogP contribution in [0.2, 0.25) is 0 Å². The molecule has 14 heavy (non-hydrogen) atoms. The molecular weight excluding hydrogens is 184 g/mol. The zero-order chi connectivity index (χ0) is 10.9. The van der Waals surface area contributed by atoms with Crippen molar-refractivity contribution in [3.63, 3.8) is 0 Å². The molecule has 1 heterocycles. The van der Waals surface area contributed by atoms with E-state index in [1.165, 1.54) is 0 Å². The lowest BCUT2D eigenvalue weighted by molar-refractivity contribution is -0.190. The molecule has 80 valence electrons. The number of esters is 2. The second-order valence-electron chi connectivity index (χ2n) is 4.63. The second kappa shape index (κ2) is 3.59. The van der Waals surface area contributed by atoms with E-state index in [2.05, 4.69) is 4.74 Å². The predicted octanol–water partition coefficient (Wildman–Crippen LogP) is 1.28. The van der Waals surface area contributed by atoms with Gasteiger partial charge in [0.2, 0.25) is 6.10 Å². The molecule has 0 aliphatic carbocycles. The third kappa shape index (κ3) is 2.47. The van der Waals surface area contributed by atoms with Crippen molar-refractivity contribution in [1.29, 1.82) is 0 Å². The Bertz CT molecular complexity index is 243. The van der Waals surface area contributed by atoms with E-state index >= 15 is 0 Å². The van der Waals surface area contributed by atoms with E-state index in [4.69, 9.17) is 4.74 Å². The Balaban J connectivity index is 2.38. The van der Waals surface area contributed by atoms with Gasteiger partial charge in [-0.25, -0.2) is 4.79 Å². The number of hydrogen-bond acceptors (Lipinski definition) is 4. The smallest absolute Gasteiger partial charge is 0.348 e. The summed E-state index contributed by atoms with van der Waals surface area (Å²) in [6, 6.07) is 0. The summed E-state index contributed by atoms with van der Waals surface area (Å²) in [6.45, 7) is 7.78. The van der Waals surface area contributed by atoms with Crippen LogP contribution in [-0.2, 0) is 19.1 Å². The largest absolute Gasteiger partial charge is 0.459 e. The summed E-state index contributed by atoms with van der Waals surface area (Å²) in [5.74, 6) is -0.776. The van der Waals surface area contributed by atoms with Crippen molar-refractivity contribution < 1.29 is 19.1 Å². The van der Waals surface area contributed by atoms with Gasteiger partial charge in [-0.1, -0.05) is 20.8 Å². The molecule has 1 rings (SSSR count). The van der Waals surface area contributed by atoms with Gasteiger partial charge in [0.1, 0.15) is 6.10 Å². The molecule has 2 atom stereocenters. The molecule has 1 aliphatic heterocycles. The number of carbonyl (C=O) groups is 2. The van der Waals surface area contributed by atoms with E-state index in [0.717, 1.165) is 0 Å². The van der Waals surface area contributed by atoms with Crippen molar-refractivity contribution in [3.05, 3.63) is 0 Å². The fourth-order valence-electron chi connectivity index (χ4n) is 0.859. The van der Waals surface area contributed by atoms with Gasteiger partial charge >= 0.3 is 11.9 Å². The lowest BCUT2D eigenvalue weighted by Crippen LogP contribution is -2.43. The van der Waals surface area contributed by atoms with E-state index < -0.39 is 12.1 Å². The molecule has 0 saturated carbocycles. The Morgan fingerprint density at radius 2 is 2.07 bits per heavy atom. The molecule has 0 aromatic rings. The first kappa shape index (κ1) is 11.0. The maximum atomic E-state index is 11.3. The Kier molecular flexibility index (Phi) is 2.83. The molecule has 0 spiro atoms. The zero-order valence-electron chi connectivity index (χ0n) is 8.99. The minimum absolute atomic E-state index is 0.0938. The summed E-state index contributed by atoms with van der Waals surface area (Å²) in [6.07, 6.45) is -0.711. The third-order valence-corrected chi connectivity index (χ3v) is 2.40. The van der Waals surface area contributed by atoms with Crippen molar-refractivity contribution in [3.8, 4) is 0 Å². The predicted molar refractivity (Wildman–Crippen MR) is 49.5 cm³/mol. The van der Waals surface area contributed by atoms with Gasteiger partial charge in [0.05, 0.1) is 6.42 Å². The summed E-state index contributed by atoms with van der Waals surface area (Å²) < 4.78 is 9.75. The van der Waals surface area contributed by atoms with Gasteiger partial charge in [0.15, 0.2) is 0 Å². The van der Waals surface area contributed by atoms with Crippen LogP contribution in [0.5, 0.6) is 0 Å². The van der Waals surface area contributed by atoms with Crippen LogP contribution < -0.4 is 0 Å². The average molecular weight is 200 g/mol. The van der Waals surface area contributed by atoms with Crippen LogP contribution in [0.15, 0.2) is 0 Å². The molecular formula is C10H16O4. The van der Waals surface area contributed by atoms with Gasteiger partial charge in [-0.3, -0.25) is 4.79 Å². The molecule has 4 heteroatoms. The van der Waals surface area contributed by atoms with Crippen LogP contribution in [0.25, 0.3) is 0 Å². The molecule has 0 aromatic heterocycles. The van der Waals surface area contributed by atoms with Crippen molar-refractivity contribution >= 4 is 11.9 Å². The van der Waals surface area contributed by atoms with E-state index in [-0.39, 0.29) is 23.9 Å². The van der Waals surface area contributed by atoms with Crippen LogP contribution in [0, 0.1) is 5.41 Å². The quantitative estimate of drug-likeness (QED) is 0.630. The molecule has 0 unspecified atom stereocenters. The first-order chi connectivity index (χ1) is 6.30. The van der Waals surface area contributed by atoms with Crippen LogP contribution in [0.3, 0.4) is 0 Å². The van der Waals surface area contributed by atoms with E-state index in [1.54, 1.807) is 0 Å². The van der Waals surface area contributed by atoms with Gasteiger partial charge < -0.3 is 9.47 Å². The lowest BCUT2D eigenvalue weighted by Gasteiger charge is -2.30. The second-order valence-corrected chi connectivity index (χ2v) is 4.63. The molecule has 0 aromatic carbocycles. The first-order valence-corrected chi connectivity index (χ1v) is 4.70. The topological polar surface area (TPSA) is 52.6 Å². The number of cyclic esters (lactones) is 1. The first-order valence-electron chi connectivity index (χ1n) is 4.70. The maximum absolute atomic E-state index is 11.3. The SMILES string of the molecule is C[C@@H](OC(=O)[C@H]1CC(=O)O1)C(C)(C)C. The minimum atomic E-state index is -0.674. The Morgan fingerprint density at radius 1 is 1.57 bits per heavy atom. The fraction of sp³-hybridized carbons (Fsp3) is 0.800. The molecule has 4 nitrogen and oxygen atoms in total. The molecule has 1 aliphatic rings. The molecule has 0 bridgehead atoms. The number of rotatable bonds is 2. The van der Waals surface area contributed by atoms with Gasteiger partial charge in [-0.15, -0.1) is 0 Å². The molecule has 1 fully saturated rings. The highest BCUT2D eigenvalue weighted by Crippen LogP contribution is 2.24. The standard InChI is InChI=1S/C10H16O4/c1-6(10(2,3)4)13-9(12)7-5-8(11)14-7/h6-7H,5H2,1-4H3/t6-,7-/m1/s1. The van der Waals surface area contributed by atoms with Gasteiger partial charge in [0.25, 0.3) is 0 Å². The summed E-state index contributed by atoms with van der Waals surface area (Å²) in [4.78, 5) is 21.8. The Hall–Kier alpha value is -1.06. The van der Waals surface area contributed by atoms with E-state index in [9.17, 15) is 9.59 Å². The van der Waals surface area contributed by atoms with Crippen LogP contribution >= 0.6 is 0 Å². The van der Waals surface area contributed by atoms with Crippen LogP contribution in [0.1, 0.15) is 34.1 Å². The monoisotopic (exact) mass is 200 g/mol. The number of carbonyl (C=O) groups excluding carboxylic acids is 2. The summed E-state index contributed by atoms with van der Waals surface area (Å²) in [5, 5.41) is 0. The summed E-state index contributed by atoms with van der Waals surface area (Å²) >= 11 is 0. The molecule has 1 saturated heterocycles. The minimum Gasteiger partial charge on any atom is -0.459 e. The lowest BCUT2D eigenvalue weighted by atomic mass is 9.90. The Labute approximate surface area is 83.6 Å². The zero-order valence-corrected chi connectivity index (χ0v) is 8.99.